The smallest absolute Gasteiger partial charge is 0.135 e. The molecule has 0 amide bonds. The first kappa shape index (κ1) is 12.7. The van der Waals surface area contributed by atoms with Gasteiger partial charge in [0, 0.05) is 31.5 Å². The largest absolute Gasteiger partial charge is 0.381 e. The third-order valence-corrected chi connectivity index (χ3v) is 4.35. The lowest BCUT2D eigenvalue weighted by Gasteiger charge is -2.23. The van der Waals surface area contributed by atoms with E-state index < -0.39 is 0 Å². The Morgan fingerprint density at radius 3 is 2.90 bits per heavy atom. The first-order chi connectivity index (χ1) is 10.4. The summed E-state index contributed by atoms with van der Waals surface area (Å²) in [4.78, 5) is 4.42. The molecule has 1 aromatic carbocycles. The molecule has 0 unspecified atom stereocenters. The van der Waals surface area contributed by atoms with Crippen LogP contribution in [-0.4, -0.2) is 18.2 Å². The van der Waals surface area contributed by atoms with Crippen LogP contribution in [0.15, 0.2) is 36.5 Å². The molecular formula is C17H19N3O. The van der Waals surface area contributed by atoms with E-state index in [1.54, 1.807) is 0 Å². The molecule has 1 saturated heterocycles. The molecule has 0 saturated carbocycles. The minimum Gasteiger partial charge on any atom is -0.381 e. The van der Waals surface area contributed by atoms with Gasteiger partial charge in [-0.2, -0.15) is 0 Å². The van der Waals surface area contributed by atoms with E-state index >= 15 is 0 Å². The molecule has 0 aliphatic carbocycles. The van der Waals surface area contributed by atoms with Crippen molar-refractivity contribution >= 4 is 17.2 Å². The van der Waals surface area contributed by atoms with Crippen LogP contribution in [-0.2, 0) is 11.3 Å². The Labute approximate surface area is 124 Å². The summed E-state index contributed by atoms with van der Waals surface area (Å²) in [5, 5.41) is 6.96. The average Bonchev–Trinajstić information content (AvgIpc) is 2.74. The Balaban J connectivity index is 1.64. The second-order valence-electron chi connectivity index (χ2n) is 5.68. The first-order valence-electron chi connectivity index (χ1n) is 7.56. The van der Waals surface area contributed by atoms with E-state index in [-0.39, 0.29) is 0 Å². The predicted molar refractivity (Wildman–Crippen MR) is 84.1 cm³/mol. The normalized spacial score (nSPS) is 17.9. The molecule has 2 aliphatic heterocycles. The maximum atomic E-state index is 5.46. The highest BCUT2D eigenvalue weighted by molar-refractivity contribution is 5.77. The standard InChI is InChI=1S/C17H19N3O/c1-2-14-11-19-16-10-13(12-5-8-21-9-6-12)3-4-15(16)20-17(14)18-7-1/h1-4,7,10,12,19H,5-6,8-9,11H2,(H,18,20). The van der Waals surface area contributed by atoms with Gasteiger partial charge in [0.1, 0.15) is 5.82 Å². The van der Waals surface area contributed by atoms with Crippen LogP contribution in [0.3, 0.4) is 0 Å². The number of benzene rings is 1. The molecule has 1 fully saturated rings. The van der Waals surface area contributed by atoms with Crippen molar-refractivity contribution in [1.29, 1.82) is 0 Å². The molecule has 2 N–H and O–H groups in total. The second-order valence-corrected chi connectivity index (χ2v) is 5.68. The molecule has 0 atom stereocenters. The zero-order chi connectivity index (χ0) is 14.1. The van der Waals surface area contributed by atoms with Gasteiger partial charge in [-0.3, -0.25) is 0 Å². The highest BCUT2D eigenvalue weighted by Gasteiger charge is 2.18. The highest BCUT2D eigenvalue weighted by atomic mass is 16.5. The van der Waals surface area contributed by atoms with Gasteiger partial charge in [-0.15, -0.1) is 0 Å². The number of rotatable bonds is 1. The summed E-state index contributed by atoms with van der Waals surface area (Å²) in [5.74, 6) is 1.57. The minimum absolute atomic E-state index is 0.620. The van der Waals surface area contributed by atoms with Crippen molar-refractivity contribution in [2.24, 2.45) is 0 Å². The number of pyridine rings is 1. The zero-order valence-electron chi connectivity index (χ0n) is 11.9. The van der Waals surface area contributed by atoms with Gasteiger partial charge < -0.3 is 15.4 Å². The van der Waals surface area contributed by atoms with Crippen LogP contribution in [0.2, 0.25) is 0 Å². The van der Waals surface area contributed by atoms with Crippen molar-refractivity contribution in [3.05, 3.63) is 47.7 Å². The van der Waals surface area contributed by atoms with E-state index in [4.69, 9.17) is 4.74 Å². The van der Waals surface area contributed by atoms with Gasteiger partial charge in [-0.1, -0.05) is 12.1 Å². The third kappa shape index (κ3) is 2.47. The summed E-state index contributed by atoms with van der Waals surface area (Å²) in [5.41, 5.74) is 4.87. The molecule has 2 aliphatic rings. The molecule has 3 heterocycles. The number of hydrogen-bond donors (Lipinski definition) is 2. The topological polar surface area (TPSA) is 46.2 Å². The Bertz CT molecular complexity index is 650. The number of hydrogen-bond acceptors (Lipinski definition) is 4. The van der Waals surface area contributed by atoms with Crippen LogP contribution < -0.4 is 10.6 Å². The van der Waals surface area contributed by atoms with E-state index in [0.717, 1.165) is 49.8 Å². The highest BCUT2D eigenvalue weighted by Crippen LogP contribution is 2.35. The lowest BCUT2D eigenvalue weighted by atomic mass is 9.91. The molecule has 4 nitrogen and oxygen atoms in total. The minimum atomic E-state index is 0.620. The van der Waals surface area contributed by atoms with Crippen LogP contribution in [0, 0.1) is 0 Å². The third-order valence-electron chi connectivity index (χ3n) is 4.35. The lowest BCUT2D eigenvalue weighted by molar-refractivity contribution is 0.0853. The number of nitrogens with zero attached hydrogens (tertiary/aromatic N) is 1. The summed E-state index contributed by atoms with van der Waals surface area (Å²) in [6.07, 6.45) is 4.06. The predicted octanol–water partition coefficient (Wildman–Crippen LogP) is 3.64. The molecule has 1 aromatic heterocycles. The Morgan fingerprint density at radius 1 is 1.10 bits per heavy atom. The lowest BCUT2D eigenvalue weighted by Crippen LogP contribution is -2.14. The SMILES string of the molecule is c1cnc2c(c1)CNc1cc(C3CCOCC3)ccc1N2. The molecule has 0 radical (unpaired) electrons. The Hall–Kier alpha value is -2.07. The summed E-state index contributed by atoms with van der Waals surface area (Å²) < 4.78 is 5.46. The molecule has 21 heavy (non-hydrogen) atoms. The number of ether oxygens (including phenoxy) is 1. The Morgan fingerprint density at radius 2 is 2.00 bits per heavy atom. The van der Waals surface area contributed by atoms with E-state index in [9.17, 15) is 0 Å². The van der Waals surface area contributed by atoms with E-state index in [1.807, 2.05) is 12.3 Å². The summed E-state index contributed by atoms with van der Waals surface area (Å²) in [6, 6.07) is 10.8. The maximum absolute atomic E-state index is 5.46. The number of aromatic nitrogens is 1. The second kappa shape index (κ2) is 5.37. The molecule has 0 spiro atoms. The molecule has 0 bridgehead atoms. The maximum Gasteiger partial charge on any atom is 0.135 e. The van der Waals surface area contributed by atoms with Gasteiger partial charge in [0.05, 0.1) is 11.4 Å². The molecule has 4 heteroatoms. The van der Waals surface area contributed by atoms with Crippen molar-refractivity contribution < 1.29 is 4.74 Å². The zero-order valence-corrected chi connectivity index (χ0v) is 11.9. The van der Waals surface area contributed by atoms with Crippen molar-refractivity contribution in [3.63, 3.8) is 0 Å². The molecule has 4 rings (SSSR count). The van der Waals surface area contributed by atoms with Crippen LogP contribution in [0.4, 0.5) is 17.2 Å². The fourth-order valence-electron chi connectivity index (χ4n) is 3.11. The fraction of sp³-hybridized carbons (Fsp3) is 0.353. The van der Waals surface area contributed by atoms with Gasteiger partial charge in [0.15, 0.2) is 0 Å². The number of nitrogens with one attached hydrogen (secondary N) is 2. The van der Waals surface area contributed by atoms with Crippen molar-refractivity contribution in [2.75, 3.05) is 23.8 Å². The Kier molecular flexibility index (Phi) is 3.24. The summed E-state index contributed by atoms with van der Waals surface area (Å²) in [7, 11) is 0. The van der Waals surface area contributed by atoms with E-state index in [0.29, 0.717) is 5.92 Å². The molecule has 108 valence electrons. The van der Waals surface area contributed by atoms with Gasteiger partial charge in [0.25, 0.3) is 0 Å². The molecular weight excluding hydrogens is 262 g/mol. The number of fused-ring (bicyclic) bond motifs is 2. The van der Waals surface area contributed by atoms with E-state index in [2.05, 4.69) is 39.9 Å². The van der Waals surface area contributed by atoms with Gasteiger partial charge in [0.2, 0.25) is 0 Å². The quantitative estimate of drug-likeness (QED) is 0.837. The van der Waals surface area contributed by atoms with Gasteiger partial charge in [-0.05, 0) is 42.5 Å². The number of anilines is 3. The average molecular weight is 281 g/mol. The van der Waals surface area contributed by atoms with Crippen LogP contribution in [0.5, 0.6) is 0 Å². The fourth-order valence-corrected chi connectivity index (χ4v) is 3.11. The van der Waals surface area contributed by atoms with Crippen molar-refractivity contribution in [1.82, 2.24) is 4.98 Å². The van der Waals surface area contributed by atoms with Crippen molar-refractivity contribution in [3.8, 4) is 0 Å². The van der Waals surface area contributed by atoms with Gasteiger partial charge in [-0.25, -0.2) is 4.98 Å². The summed E-state index contributed by atoms with van der Waals surface area (Å²) >= 11 is 0. The van der Waals surface area contributed by atoms with Crippen LogP contribution in [0.25, 0.3) is 0 Å². The monoisotopic (exact) mass is 281 g/mol. The molecule has 2 aromatic rings. The van der Waals surface area contributed by atoms with Crippen LogP contribution in [0.1, 0.15) is 29.9 Å². The van der Waals surface area contributed by atoms with Gasteiger partial charge >= 0.3 is 0 Å². The first-order valence-corrected chi connectivity index (χ1v) is 7.56. The van der Waals surface area contributed by atoms with Crippen molar-refractivity contribution in [2.45, 2.75) is 25.3 Å². The van der Waals surface area contributed by atoms with Crippen LogP contribution >= 0.6 is 0 Å². The van der Waals surface area contributed by atoms with E-state index in [1.165, 1.54) is 11.1 Å². The summed E-state index contributed by atoms with van der Waals surface area (Å²) in [6.45, 7) is 2.56.